The molecule has 21 heavy (non-hydrogen) atoms. The number of fused-ring (bicyclic) bond motifs is 1. The fourth-order valence-corrected chi connectivity index (χ4v) is 3.02. The summed E-state index contributed by atoms with van der Waals surface area (Å²) in [6.45, 7) is 7.57. The molecule has 0 saturated heterocycles. The molecule has 0 amide bonds. The number of unbranched alkanes of at least 4 members (excludes halogenated alkanes) is 2. The fourth-order valence-electron chi connectivity index (χ4n) is 3.02. The standard InChI is InChI=1S/C17H28N4/c1-4-5-6-10-21(12(2)3)17-14(16(18)19)11-13-8-7-9-15(13)20-17/h11-12H,4-10H2,1-3H3,(H3,18,19). The van der Waals surface area contributed by atoms with Crippen LogP contribution in [0.1, 0.15) is 63.3 Å². The van der Waals surface area contributed by atoms with Crippen LogP contribution in [0.3, 0.4) is 0 Å². The average molecular weight is 288 g/mol. The average Bonchev–Trinajstić information content (AvgIpc) is 2.89. The van der Waals surface area contributed by atoms with Gasteiger partial charge in [-0.25, -0.2) is 4.98 Å². The number of nitrogen functional groups attached to an aromatic ring is 1. The maximum Gasteiger partial charge on any atom is 0.140 e. The lowest BCUT2D eigenvalue weighted by molar-refractivity contribution is 0.618. The van der Waals surface area contributed by atoms with Gasteiger partial charge >= 0.3 is 0 Å². The van der Waals surface area contributed by atoms with Crippen molar-refractivity contribution < 1.29 is 0 Å². The molecule has 0 aliphatic heterocycles. The van der Waals surface area contributed by atoms with Crippen LogP contribution >= 0.6 is 0 Å². The van der Waals surface area contributed by atoms with E-state index in [1.807, 2.05) is 0 Å². The molecular formula is C17H28N4. The second-order valence-corrected chi connectivity index (χ2v) is 6.23. The zero-order valence-corrected chi connectivity index (χ0v) is 13.6. The normalized spacial score (nSPS) is 13.5. The quantitative estimate of drug-likeness (QED) is 0.460. The summed E-state index contributed by atoms with van der Waals surface area (Å²) >= 11 is 0. The van der Waals surface area contributed by atoms with E-state index in [2.05, 4.69) is 31.7 Å². The summed E-state index contributed by atoms with van der Waals surface area (Å²) in [7, 11) is 0. The molecule has 1 aliphatic rings. The van der Waals surface area contributed by atoms with Gasteiger partial charge in [0.1, 0.15) is 11.7 Å². The number of pyridine rings is 1. The second kappa shape index (κ2) is 6.92. The summed E-state index contributed by atoms with van der Waals surface area (Å²) in [5, 5.41) is 7.90. The maximum absolute atomic E-state index is 7.90. The molecule has 4 nitrogen and oxygen atoms in total. The van der Waals surface area contributed by atoms with E-state index in [-0.39, 0.29) is 5.84 Å². The van der Waals surface area contributed by atoms with Gasteiger partial charge in [0.2, 0.25) is 0 Å². The van der Waals surface area contributed by atoms with E-state index in [0.29, 0.717) is 6.04 Å². The molecule has 1 aromatic rings. The molecule has 0 unspecified atom stereocenters. The highest BCUT2D eigenvalue weighted by Crippen LogP contribution is 2.28. The van der Waals surface area contributed by atoms with Gasteiger partial charge in [-0.15, -0.1) is 0 Å². The number of rotatable bonds is 7. The van der Waals surface area contributed by atoms with Crippen molar-refractivity contribution in [2.45, 2.75) is 65.3 Å². The highest BCUT2D eigenvalue weighted by atomic mass is 15.2. The number of anilines is 1. The van der Waals surface area contributed by atoms with Crippen molar-refractivity contribution in [1.82, 2.24) is 4.98 Å². The molecule has 0 bridgehead atoms. The molecule has 0 fully saturated rings. The van der Waals surface area contributed by atoms with Crippen molar-refractivity contribution >= 4 is 11.7 Å². The highest BCUT2D eigenvalue weighted by molar-refractivity contribution is 6.00. The number of hydrogen-bond donors (Lipinski definition) is 2. The molecular weight excluding hydrogens is 260 g/mol. The Morgan fingerprint density at radius 3 is 2.76 bits per heavy atom. The van der Waals surface area contributed by atoms with Crippen LogP contribution in [0.15, 0.2) is 6.07 Å². The molecule has 2 rings (SSSR count). The highest BCUT2D eigenvalue weighted by Gasteiger charge is 2.22. The zero-order chi connectivity index (χ0) is 15.4. The molecule has 4 heteroatoms. The van der Waals surface area contributed by atoms with E-state index in [1.165, 1.54) is 30.5 Å². The Hall–Kier alpha value is -1.58. The van der Waals surface area contributed by atoms with Crippen molar-refractivity contribution in [3.63, 3.8) is 0 Å². The predicted molar refractivity (Wildman–Crippen MR) is 89.3 cm³/mol. The van der Waals surface area contributed by atoms with Crippen molar-refractivity contribution in [2.75, 3.05) is 11.4 Å². The van der Waals surface area contributed by atoms with Gasteiger partial charge in [0.15, 0.2) is 0 Å². The lowest BCUT2D eigenvalue weighted by atomic mass is 10.1. The van der Waals surface area contributed by atoms with Crippen LogP contribution in [0.25, 0.3) is 0 Å². The smallest absolute Gasteiger partial charge is 0.140 e. The minimum Gasteiger partial charge on any atom is -0.384 e. The zero-order valence-electron chi connectivity index (χ0n) is 13.6. The van der Waals surface area contributed by atoms with Gasteiger partial charge in [0.05, 0.1) is 5.56 Å². The van der Waals surface area contributed by atoms with Crippen molar-refractivity contribution in [2.24, 2.45) is 5.73 Å². The summed E-state index contributed by atoms with van der Waals surface area (Å²) in [6, 6.07) is 2.47. The van der Waals surface area contributed by atoms with Crippen molar-refractivity contribution in [3.05, 3.63) is 22.9 Å². The summed E-state index contributed by atoms with van der Waals surface area (Å²) in [6.07, 6.45) is 6.89. The van der Waals surface area contributed by atoms with Gasteiger partial charge in [-0.3, -0.25) is 5.41 Å². The van der Waals surface area contributed by atoms with Crippen LogP contribution in [-0.2, 0) is 12.8 Å². The molecule has 0 spiro atoms. The maximum atomic E-state index is 7.90. The van der Waals surface area contributed by atoms with Gasteiger partial charge in [0.25, 0.3) is 0 Å². The molecule has 116 valence electrons. The topological polar surface area (TPSA) is 66.0 Å². The van der Waals surface area contributed by atoms with E-state index in [9.17, 15) is 0 Å². The molecule has 0 atom stereocenters. The van der Waals surface area contributed by atoms with Crippen LogP contribution in [0.4, 0.5) is 5.82 Å². The Labute approximate surface area is 128 Å². The van der Waals surface area contributed by atoms with Crippen LogP contribution in [0.2, 0.25) is 0 Å². The van der Waals surface area contributed by atoms with E-state index < -0.39 is 0 Å². The van der Waals surface area contributed by atoms with Gasteiger partial charge in [-0.1, -0.05) is 19.8 Å². The van der Waals surface area contributed by atoms with Crippen LogP contribution in [0, 0.1) is 5.41 Å². The first-order valence-corrected chi connectivity index (χ1v) is 8.18. The van der Waals surface area contributed by atoms with E-state index in [1.54, 1.807) is 0 Å². The molecule has 1 aromatic heterocycles. The van der Waals surface area contributed by atoms with E-state index in [0.717, 1.165) is 37.2 Å². The lowest BCUT2D eigenvalue weighted by Crippen LogP contribution is -2.35. The Morgan fingerprint density at radius 2 is 2.14 bits per heavy atom. The number of nitrogens with one attached hydrogen (secondary N) is 1. The number of aromatic nitrogens is 1. The largest absolute Gasteiger partial charge is 0.384 e. The SMILES string of the molecule is CCCCCN(c1nc2c(cc1C(=N)N)CCC2)C(C)C. The Kier molecular flexibility index (Phi) is 5.21. The summed E-state index contributed by atoms with van der Waals surface area (Å²) in [5.41, 5.74) is 9.11. The third kappa shape index (κ3) is 3.55. The molecule has 0 aromatic carbocycles. The predicted octanol–water partition coefficient (Wildman–Crippen LogP) is 3.26. The second-order valence-electron chi connectivity index (χ2n) is 6.23. The van der Waals surface area contributed by atoms with Crippen molar-refractivity contribution in [3.8, 4) is 0 Å². The third-order valence-electron chi connectivity index (χ3n) is 4.22. The summed E-state index contributed by atoms with van der Waals surface area (Å²) in [5.74, 6) is 1.04. The third-order valence-corrected chi connectivity index (χ3v) is 4.22. The first kappa shape index (κ1) is 15.8. The Balaban J connectivity index is 2.36. The minimum absolute atomic E-state index is 0.133. The van der Waals surface area contributed by atoms with Crippen LogP contribution < -0.4 is 10.6 Å². The summed E-state index contributed by atoms with van der Waals surface area (Å²) in [4.78, 5) is 7.19. The molecule has 1 aliphatic carbocycles. The van der Waals surface area contributed by atoms with Gasteiger partial charge < -0.3 is 10.6 Å². The lowest BCUT2D eigenvalue weighted by Gasteiger charge is -2.30. The Bertz CT molecular complexity index is 508. The Morgan fingerprint density at radius 1 is 1.38 bits per heavy atom. The van der Waals surface area contributed by atoms with Gasteiger partial charge in [-0.2, -0.15) is 0 Å². The van der Waals surface area contributed by atoms with E-state index in [4.69, 9.17) is 16.1 Å². The van der Waals surface area contributed by atoms with Gasteiger partial charge in [-0.05, 0) is 51.2 Å². The number of nitrogens with zero attached hydrogens (tertiary/aromatic N) is 2. The first-order chi connectivity index (χ1) is 10.0. The molecule has 0 saturated carbocycles. The molecule has 3 N–H and O–H groups in total. The number of amidine groups is 1. The van der Waals surface area contributed by atoms with Crippen LogP contribution in [0.5, 0.6) is 0 Å². The molecule has 1 heterocycles. The van der Waals surface area contributed by atoms with Crippen molar-refractivity contribution in [1.29, 1.82) is 5.41 Å². The number of nitrogens with two attached hydrogens (primary N) is 1. The van der Waals surface area contributed by atoms with Gasteiger partial charge in [0, 0.05) is 18.3 Å². The summed E-state index contributed by atoms with van der Waals surface area (Å²) < 4.78 is 0. The fraction of sp³-hybridized carbons (Fsp3) is 0.647. The monoisotopic (exact) mass is 288 g/mol. The van der Waals surface area contributed by atoms with Crippen LogP contribution in [-0.4, -0.2) is 23.4 Å². The van der Waals surface area contributed by atoms with E-state index >= 15 is 0 Å². The number of aryl methyl sites for hydroxylation is 2. The first-order valence-electron chi connectivity index (χ1n) is 8.18. The minimum atomic E-state index is 0.133. The number of hydrogen-bond acceptors (Lipinski definition) is 3. The molecule has 0 radical (unpaired) electrons.